The summed E-state index contributed by atoms with van der Waals surface area (Å²) in [5.41, 5.74) is 1.68. The highest BCUT2D eigenvalue weighted by Crippen LogP contribution is 2.29. The molecule has 0 fully saturated rings. The van der Waals surface area contributed by atoms with Crippen LogP contribution in [0.3, 0.4) is 0 Å². The molecule has 0 atom stereocenters. The molecule has 10 heteroatoms. The number of benzene rings is 1. The fourth-order valence-electron chi connectivity index (χ4n) is 3.32. The van der Waals surface area contributed by atoms with Crippen molar-refractivity contribution in [1.82, 2.24) is 19.5 Å². The molecule has 2 heterocycles. The third kappa shape index (κ3) is 4.73. The minimum Gasteiger partial charge on any atom is -0.324 e. The van der Waals surface area contributed by atoms with Crippen molar-refractivity contribution in [2.45, 2.75) is 52.0 Å². The number of nitrogens with zero attached hydrogens (tertiary/aromatic N) is 4. The summed E-state index contributed by atoms with van der Waals surface area (Å²) < 4.78 is 53.2. The average Bonchev–Trinajstić information content (AvgIpc) is 3.11. The predicted molar refractivity (Wildman–Crippen MR) is 116 cm³/mol. The van der Waals surface area contributed by atoms with E-state index in [-0.39, 0.29) is 22.6 Å². The van der Waals surface area contributed by atoms with Crippen molar-refractivity contribution in [3.8, 4) is 11.4 Å². The zero-order valence-electron chi connectivity index (χ0n) is 18.0. The summed E-state index contributed by atoms with van der Waals surface area (Å²) in [6.07, 6.45) is -1.18. The average molecular weight is 450 g/mol. The SMILES string of the molecule is CCS(=O)(=O)c1ccc(Nc2nc(-c3cnc(C)n3C(C)C)cc(C(F)F)n2)c(C)c1. The van der Waals surface area contributed by atoms with E-state index in [0.29, 0.717) is 22.6 Å². The number of nitrogens with one attached hydrogen (secondary N) is 1. The van der Waals surface area contributed by atoms with Gasteiger partial charge in [0.05, 0.1) is 28.2 Å². The molecule has 166 valence electrons. The number of alkyl halides is 2. The topological polar surface area (TPSA) is 89.8 Å². The number of sulfone groups is 1. The van der Waals surface area contributed by atoms with Gasteiger partial charge in [0, 0.05) is 11.7 Å². The van der Waals surface area contributed by atoms with Crippen LogP contribution in [0.4, 0.5) is 20.4 Å². The molecule has 0 bridgehead atoms. The van der Waals surface area contributed by atoms with Gasteiger partial charge in [-0.05, 0) is 57.5 Å². The lowest BCUT2D eigenvalue weighted by atomic mass is 10.2. The van der Waals surface area contributed by atoms with Gasteiger partial charge in [-0.25, -0.2) is 32.2 Å². The van der Waals surface area contributed by atoms with Crippen molar-refractivity contribution < 1.29 is 17.2 Å². The molecule has 7 nitrogen and oxygen atoms in total. The molecule has 3 aromatic rings. The second kappa shape index (κ2) is 8.70. The molecule has 3 rings (SSSR count). The molecular formula is C21H25F2N5O2S. The lowest BCUT2D eigenvalue weighted by Gasteiger charge is -2.16. The molecule has 0 saturated heterocycles. The van der Waals surface area contributed by atoms with Gasteiger partial charge >= 0.3 is 0 Å². The molecule has 0 aliphatic heterocycles. The maximum atomic E-state index is 13.5. The smallest absolute Gasteiger partial charge is 0.280 e. The number of anilines is 2. The second-order valence-corrected chi connectivity index (χ2v) is 9.74. The number of imidazole rings is 1. The number of aryl methyl sites for hydroxylation is 2. The largest absolute Gasteiger partial charge is 0.324 e. The molecule has 0 radical (unpaired) electrons. The fourth-order valence-corrected chi connectivity index (χ4v) is 4.28. The predicted octanol–water partition coefficient (Wildman–Crippen LogP) is 5.01. The van der Waals surface area contributed by atoms with Gasteiger partial charge in [-0.15, -0.1) is 0 Å². The van der Waals surface area contributed by atoms with Gasteiger partial charge in [0.1, 0.15) is 11.5 Å². The summed E-state index contributed by atoms with van der Waals surface area (Å²) >= 11 is 0. The minimum atomic E-state index is -3.35. The maximum Gasteiger partial charge on any atom is 0.280 e. The van der Waals surface area contributed by atoms with Crippen molar-refractivity contribution in [2.75, 3.05) is 11.1 Å². The molecule has 0 aliphatic rings. The number of hydrogen-bond acceptors (Lipinski definition) is 6. The Morgan fingerprint density at radius 2 is 1.84 bits per heavy atom. The third-order valence-corrected chi connectivity index (χ3v) is 6.65. The van der Waals surface area contributed by atoms with Gasteiger partial charge < -0.3 is 9.88 Å². The Hall–Kier alpha value is -2.88. The lowest BCUT2D eigenvalue weighted by molar-refractivity contribution is 0.146. The van der Waals surface area contributed by atoms with Crippen molar-refractivity contribution in [3.63, 3.8) is 0 Å². The van der Waals surface area contributed by atoms with E-state index in [1.807, 2.05) is 25.3 Å². The Bertz CT molecular complexity index is 1210. The normalized spacial score (nSPS) is 12.0. The Kier molecular flexibility index (Phi) is 6.40. The van der Waals surface area contributed by atoms with Gasteiger partial charge in [-0.2, -0.15) is 0 Å². The standard InChI is InChI=1S/C21H25F2N5O2S/c1-6-31(29,30)15-7-8-16(13(4)9-15)25-21-26-17(10-18(27-21)20(22)23)19-11-24-14(5)28(19)12(2)3/h7-12,20H,6H2,1-5H3,(H,25,26,27). The highest BCUT2D eigenvalue weighted by atomic mass is 32.2. The van der Waals surface area contributed by atoms with Gasteiger partial charge in [0.25, 0.3) is 6.43 Å². The van der Waals surface area contributed by atoms with Crippen LogP contribution in [0.1, 0.15) is 50.3 Å². The molecule has 0 saturated carbocycles. The molecule has 0 aliphatic carbocycles. The highest BCUT2D eigenvalue weighted by molar-refractivity contribution is 7.91. The summed E-state index contributed by atoms with van der Waals surface area (Å²) in [4.78, 5) is 12.9. The Morgan fingerprint density at radius 1 is 1.13 bits per heavy atom. The zero-order valence-corrected chi connectivity index (χ0v) is 18.8. The molecule has 0 amide bonds. The van der Waals surface area contributed by atoms with E-state index in [1.165, 1.54) is 18.2 Å². The van der Waals surface area contributed by atoms with Crippen molar-refractivity contribution in [3.05, 3.63) is 47.5 Å². The summed E-state index contributed by atoms with van der Waals surface area (Å²) in [7, 11) is -3.35. The summed E-state index contributed by atoms with van der Waals surface area (Å²) in [5.74, 6) is 0.738. The first-order chi connectivity index (χ1) is 14.5. The minimum absolute atomic E-state index is 0.00356. The van der Waals surface area contributed by atoms with Gasteiger partial charge in [-0.1, -0.05) is 6.92 Å². The van der Waals surface area contributed by atoms with E-state index >= 15 is 0 Å². The van der Waals surface area contributed by atoms with Crippen LogP contribution < -0.4 is 5.32 Å². The Balaban J connectivity index is 2.05. The van der Waals surface area contributed by atoms with Crippen LogP contribution in [0.5, 0.6) is 0 Å². The first-order valence-electron chi connectivity index (χ1n) is 9.85. The number of rotatable bonds is 7. The van der Waals surface area contributed by atoms with E-state index in [4.69, 9.17) is 0 Å². The van der Waals surface area contributed by atoms with E-state index in [2.05, 4.69) is 20.3 Å². The van der Waals surface area contributed by atoms with Crippen molar-refractivity contribution in [2.24, 2.45) is 0 Å². The number of hydrogen-bond donors (Lipinski definition) is 1. The van der Waals surface area contributed by atoms with Gasteiger partial charge in [-0.3, -0.25) is 0 Å². The first kappa shape index (κ1) is 22.8. The summed E-state index contributed by atoms with van der Waals surface area (Å²) in [6, 6.07) is 5.92. The van der Waals surface area contributed by atoms with Crippen LogP contribution in [0.2, 0.25) is 0 Å². The van der Waals surface area contributed by atoms with Crippen LogP contribution in [0, 0.1) is 13.8 Å². The van der Waals surface area contributed by atoms with Crippen molar-refractivity contribution >= 4 is 21.5 Å². The van der Waals surface area contributed by atoms with E-state index in [9.17, 15) is 17.2 Å². The zero-order chi connectivity index (χ0) is 22.9. The van der Waals surface area contributed by atoms with Crippen LogP contribution in [0.15, 0.2) is 35.4 Å². The maximum absolute atomic E-state index is 13.5. The Labute approximate surface area is 180 Å². The Morgan fingerprint density at radius 3 is 2.42 bits per heavy atom. The highest BCUT2D eigenvalue weighted by Gasteiger charge is 2.19. The molecule has 1 aromatic carbocycles. The monoisotopic (exact) mass is 449 g/mol. The van der Waals surface area contributed by atoms with Crippen LogP contribution in [0.25, 0.3) is 11.4 Å². The molecular weight excluding hydrogens is 424 g/mol. The van der Waals surface area contributed by atoms with Crippen LogP contribution in [-0.2, 0) is 9.84 Å². The van der Waals surface area contributed by atoms with Crippen LogP contribution in [-0.4, -0.2) is 33.7 Å². The summed E-state index contributed by atoms with van der Waals surface area (Å²) in [6.45, 7) is 9.09. The van der Waals surface area contributed by atoms with Gasteiger partial charge in [0.15, 0.2) is 9.84 Å². The van der Waals surface area contributed by atoms with Crippen LogP contribution >= 0.6 is 0 Å². The molecule has 2 aromatic heterocycles. The van der Waals surface area contributed by atoms with E-state index < -0.39 is 22.0 Å². The quantitative estimate of drug-likeness (QED) is 0.545. The second-order valence-electron chi connectivity index (χ2n) is 7.46. The van der Waals surface area contributed by atoms with E-state index in [1.54, 1.807) is 26.1 Å². The molecule has 1 N–H and O–H groups in total. The molecule has 0 unspecified atom stereocenters. The number of aromatic nitrogens is 4. The fraction of sp³-hybridized carbons (Fsp3) is 0.381. The van der Waals surface area contributed by atoms with Gasteiger partial charge in [0.2, 0.25) is 5.95 Å². The van der Waals surface area contributed by atoms with Crippen molar-refractivity contribution in [1.29, 1.82) is 0 Å². The number of halogens is 2. The summed E-state index contributed by atoms with van der Waals surface area (Å²) in [5, 5.41) is 2.95. The lowest BCUT2D eigenvalue weighted by Crippen LogP contribution is -2.08. The molecule has 31 heavy (non-hydrogen) atoms. The third-order valence-electron chi connectivity index (χ3n) is 4.91. The first-order valence-corrected chi connectivity index (χ1v) is 11.5. The van der Waals surface area contributed by atoms with E-state index in [0.717, 1.165) is 5.82 Å². The molecule has 0 spiro atoms.